The van der Waals surface area contributed by atoms with Gasteiger partial charge in [0.15, 0.2) is 6.61 Å². The summed E-state index contributed by atoms with van der Waals surface area (Å²) in [6, 6.07) is 15.4. The van der Waals surface area contributed by atoms with Crippen LogP contribution in [0.15, 0.2) is 48.5 Å². The largest absolute Gasteiger partial charge is 0.484 e. The summed E-state index contributed by atoms with van der Waals surface area (Å²) in [5, 5.41) is 2.93. The van der Waals surface area contributed by atoms with E-state index in [9.17, 15) is 9.59 Å². The molecule has 0 fully saturated rings. The summed E-state index contributed by atoms with van der Waals surface area (Å²) in [7, 11) is 0. The van der Waals surface area contributed by atoms with Crippen molar-refractivity contribution in [3.05, 3.63) is 59.7 Å². The molecule has 1 aliphatic heterocycles. The Morgan fingerprint density at radius 1 is 1.12 bits per heavy atom. The number of carbonyl (C=O) groups is 2. The molecule has 3 rings (SSSR count). The minimum Gasteiger partial charge on any atom is -0.484 e. The molecule has 0 atom stereocenters. The lowest BCUT2D eigenvalue weighted by Gasteiger charge is -2.18. The summed E-state index contributed by atoms with van der Waals surface area (Å²) in [6.07, 6.45) is 0.982. The fourth-order valence-corrected chi connectivity index (χ4v) is 2.86. The third-order valence-corrected chi connectivity index (χ3v) is 4.11. The molecule has 0 saturated carbocycles. The first-order valence-electron chi connectivity index (χ1n) is 8.21. The minimum absolute atomic E-state index is 0.00856. The van der Waals surface area contributed by atoms with Crippen LogP contribution in [0.5, 0.6) is 5.75 Å². The van der Waals surface area contributed by atoms with Crippen LogP contribution in [0.3, 0.4) is 0 Å². The van der Waals surface area contributed by atoms with Crippen molar-refractivity contribution in [2.24, 2.45) is 5.73 Å². The van der Waals surface area contributed by atoms with E-state index < -0.39 is 5.91 Å². The lowest BCUT2D eigenvalue weighted by Crippen LogP contribution is -2.36. The molecule has 0 radical (unpaired) electrons. The fourth-order valence-electron chi connectivity index (χ4n) is 2.86. The number of para-hydroxylation sites is 1. The van der Waals surface area contributed by atoms with E-state index in [-0.39, 0.29) is 12.5 Å². The van der Waals surface area contributed by atoms with E-state index in [1.807, 2.05) is 24.3 Å². The molecule has 2 aromatic carbocycles. The number of ether oxygens (including phenoxy) is 1. The first-order valence-corrected chi connectivity index (χ1v) is 8.21. The van der Waals surface area contributed by atoms with E-state index in [0.29, 0.717) is 18.8 Å². The molecular weight excluding hydrogens is 318 g/mol. The highest BCUT2D eigenvalue weighted by molar-refractivity contribution is 5.82. The molecule has 0 aromatic heterocycles. The number of fused-ring (bicyclic) bond motifs is 1. The molecule has 6 heteroatoms. The normalized spacial score (nSPS) is 12.6. The second-order valence-electron chi connectivity index (χ2n) is 5.98. The minimum atomic E-state index is -0.514. The lowest BCUT2D eigenvalue weighted by atomic mass is 10.2. The molecule has 1 heterocycles. The van der Waals surface area contributed by atoms with E-state index in [4.69, 9.17) is 10.5 Å². The van der Waals surface area contributed by atoms with Crippen molar-refractivity contribution in [1.82, 2.24) is 5.32 Å². The summed E-state index contributed by atoms with van der Waals surface area (Å²) >= 11 is 0. The van der Waals surface area contributed by atoms with Crippen molar-refractivity contribution in [2.75, 3.05) is 24.6 Å². The average Bonchev–Trinajstić information content (AvgIpc) is 3.02. The summed E-state index contributed by atoms with van der Waals surface area (Å²) in [5.74, 6) is 0.0492. The number of hydrogen-bond donors (Lipinski definition) is 2. The van der Waals surface area contributed by atoms with Crippen LogP contribution in [-0.2, 0) is 22.6 Å². The van der Waals surface area contributed by atoms with Crippen LogP contribution in [0, 0.1) is 0 Å². The number of hydrogen-bond acceptors (Lipinski definition) is 4. The van der Waals surface area contributed by atoms with Crippen LogP contribution >= 0.6 is 0 Å². The highest BCUT2D eigenvalue weighted by atomic mass is 16.5. The van der Waals surface area contributed by atoms with Crippen LogP contribution in [0.2, 0.25) is 0 Å². The van der Waals surface area contributed by atoms with Gasteiger partial charge in [0.25, 0.3) is 5.91 Å². The van der Waals surface area contributed by atoms with Crippen molar-refractivity contribution < 1.29 is 14.3 Å². The average molecular weight is 339 g/mol. The van der Waals surface area contributed by atoms with Gasteiger partial charge in [0, 0.05) is 18.8 Å². The monoisotopic (exact) mass is 339 g/mol. The molecule has 0 unspecified atom stereocenters. The SMILES string of the molecule is NC(=O)COc1ccc(CNC(=O)CN2CCc3ccccc32)cc1. The van der Waals surface area contributed by atoms with E-state index in [1.165, 1.54) is 5.56 Å². The Kier molecular flexibility index (Phi) is 5.18. The molecule has 0 bridgehead atoms. The summed E-state index contributed by atoms with van der Waals surface area (Å²) in [4.78, 5) is 25.0. The number of primary amides is 1. The number of nitrogens with one attached hydrogen (secondary N) is 1. The van der Waals surface area contributed by atoms with Crippen LogP contribution in [-0.4, -0.2) is 31.5 Å². The number of amides is 2. The van der Waals surface area contributed by atoms with Gasteiger partial charge in [-0.2, -0.15) is 0 Å². The van der Waals surface area contributed by atoms with Crippen molar-refractivity contribution in [3.8, 4) is 5.75 Å². The van der Waals surface area contributed by atoms with E-state index >= 15 is 0 Å². The zero-order valence-electron chi connectivity index (χ0n) is 13.9. The Bertz CT molecular complexity index is 759. The predicted molar refractivity (Wildman–Crippen MR) is 95.3 cm³/mol. The van der Waals surface area contributed by atoms with Crippen LogP contribution < -0.4 is 20.7 Å². The van der Waals surface area contributed by atoms with Gasteiger partial charge in [0.1, 0.15) is 5.75 Å². The topological polar surface area (TPSA) is 84.7 Å². The second kappa shape index (κ2) is 7.70. The molecule has 1 aliphatic rings. The van der Waals surface area contributed by atoms with Gasteiger partial charge in [-0.1, -0.05) is 30.3 Å². The highest BCUT2D eigenvalue weighted by Gasteiger charge is 2.20. The Labute approximate surface area is 146 Å². The molecule has 2 amide bonds. The van der Waals surface area contributed by atoms with E-state index in [2.05, 4.69) is 22.3 Å². The molecular formula is C19H21N3O3. The maximum Gasteiger partial charge on any atom is 0.255 e. The standard InChI is InChI=1S/C19H21N3O3/c20-18(23)13-25-16-7-5-14(6-8-16)11-21-19(24)12-22-10-9-15-3-1-2-4-17(15)22/h1-8H,9-13H2,(H2,20,23)(H,21,24). The zero-order valence-corrected chi connectivity index (χ0v) is 13.9. The van der Waals surface area contributed by atoms with Crippen molar-refractivity contribution >= 4 is 17.5 Å². The van der Waals surface area contributed by atoms with Gasteiger partial charge in [-0.25, -0.2) is 0 Å². The van der Waals surface area contributed by atoms with Gasteiger partial charge in [0.05, 0.1) is 6.54 Å². The van der Waals surface area contributed by atoms with Gasteiger partial charge in [-0.3, -0.25) is 9.59 Å². The first kappa shape index (κ1) is 16.8. The van der Waals surface area contributed by atoms with E-state index in [1.54, 1.807) is 12.1 Å². The number of benzene rings is 2. The van der Waals surface area contributed by atoms with Crippen molar-refractivity contribution in [2.45, 2.75) is 13.0 Å². The van der Waals surface area contributed by atoms with Gasteiger partial charge in [-0.05, 0) is 35.7 Å². The summed E-state index contributed by atoms with van der Waals surface area (Å²) in [6.45, 7) is 1.54. The molecule has 25 heavy (non-hydrogen) atoms. The smallest absolute Gasteiger partial charge is 0.255 e. The Morgan fingerprint density at radius 2 is 1.88 bits per heavy atom. The predicted octanol–water partition coefficient (Wildman–Crippen LogP) is 1.23. The number of nitrogens with two attached hydrogens (primary N) is 1. The number of anilines is 1. The first-order chi connectivity index (χ1) is 12.1. The number of rotatable bonds is 7. The van der Waals surface area contributed by atoms with Gasteiger partial charge in [0.2, 0.25) is 5.91 Å². The fraction of sp³-hybridized carbons (Fsp3) is 0.263. The molecule has 6 nitrogen and oxygen atoms in total. The highest BCUT2D eigenvalue weighted by Crippen LogP contribution is 2.26. The lowest BCUT2D eigenvalue weighted by molar-refractivity contribution is -0.120. The number of carbonyl (C=O) groups excluding carboxylic acids is 2. The van der Waals surface area contributed by atoms with Crippen molar-refractivity contribution in [3.63, 3.8) is 0 Å². The Hall–Kier alpha value is -3.02. The Morgan fingerprint density at radius 3 is 2.64 bits per heavy atom. The second-order valence-corrected chi connectivity index (χ2v) is 5.98. The van der Waals surface area contributed by atoms with Gasteiger partial charge < -0.3 is 20.7 Å². The van der Waals surface area contributed by atoms with Gasteiger partial charge in [-0.15, -0.1) is 0 Å². The quantitative estimate of drug-likeness (QED) is 0.795. The van der Waals surface area contributed by atoms with Crippen LogP contribution in [0.4, 0.5) is 5.69 Å². The maximum absolute atomic E-state index is 12.2. The third kappa shape index (κ3) is 4.50. The molecule has 0 aliphatic carbocycles. The summed E-state index contributed by atoms with van der Waals surface area (Å²) in [5.41, 5.74) is 8.43. The van der Waals surface area contributed by atoms with Gasteiger partial charge >= 0.3 is 0 Å². The number of nitrogens with zero attached hydrogens (tertiary/aromatic N) is 1. The Balaban J connectivity index is 1.47. The molecule has 0 saturated heterocycles. The molecule has 2 aromatic rings. The van der Waals surface area contributed by atoms with Crippen molar-refractivity contribution in [1.29, 1.82) is 0 Å². The summed E-state index contributed by atoms with van der Waals surface area (Å²) < 4.78 is 5.20. The molecule has 0 spiro atoms. The zero-order chi connectivity index (χ0) is 17.6. The molecule has 130 valence electrons. The van der Waals surface area contributed by atoms with E-state index in [0.717, 1.165) is 24.2 Å². The van der Waals surface area contributed by atoms with Crippen LogP contribution in [0.25, 0.3) is 0 Å². The van der Waals surface area contributed by atoms with Crippen LogP contribution in [0.1, 0.15) is 11.1 Å². The third-order valence-electron chi connectivity index (χ3n) is 4.11. The molecule has 3 N–H and O–H groups in total. The maximum atomic E-state index is 12.2.